The minimum Gasteiger partial charge on any atom is -0.232 e. The van der Waals surface area contributed by atoms with E-state index < -0.39 is 89.0 Å². The second-order valence-electron chi connectivity index (χ2n) is 13.2. The van der Waals surface area contributed by atoms with Crippen LogP contribution >= 0.6 is 7.92 Å². The molecule has 0 N–H and O–H groups in total. The van der Waals surface area contributed by atoms with Crippen LogP contribution in [0.4, 0.5) is 43.9 Å². The van der Waals surface area contributed by atoms with Gasteiger partial charge in [-0.1, -0.05) is 71.6 Å². The van der Waals surface area contributed by atoms with Gasteiger partial charge in [0.1, 0.15) is 39.5 Å². The van der Waals surface area contributed by atoms with Crippen LogP contribution in [0.15, 0.2) is 48.5 Å². The molecule has 0 unspecified atom stereocenters. The predicted octanol–water partition coefficient (Wildman–Crippen LogP) is 8.65. The average molecular weight is 730 g/mol. The molecule has 1 aliphatic rings. The van der Waals surface area contributed by atoms with E-state index in [9.17, 15) is 26.3 Å². The van der Waals surface area contributed by atoms with Crippen LogP contribution in [0.3, 0.4) is 0 Å². The molecule has 5 aromatic carbocycles. The molecule has 51 heavy (non-hydrogen) atoms. The summed E-state index contributed by atoms with van der Waals surface area (Å²) in [5.74, 6) is -24.6. The first-order valence-corrected chi connectivity index (χ1v) is 17.6. The van der Waals surface area contributed by atoms with Gasteiger partial charge in [-0.15, -0.1) is 10.9 Å². The van der Waals surface area contributed by atoms with Crippen molar-refractivity contribution in [3.8, 4) is 0 Å². The van der Waals surface area contributed by atoms with Gasteiger partial charge in [0.2, 0.25) is 0 Å². The van der Waals surface area contributed by atoms with Crippen molar-refractivity contribution in [2.24, 2.45) is 0 Å². The van der Waals surface area contributed by atoms with Crippen LogP contribution in [0, 0.1) is 99.7 Å². The van der Waals surface area contributed by atoms with Crippen LogP contribution in [0.2, 0.25) is 0 Å². The predicted molar refractivity (Wildman–Crippen MR) is 184 cm³/mol. The van der Waals surface area contributed by atoms with E-state index in [4.69, 9.17) is 0 Å². The number of halogens is 10. The van der Waals surface area contributed by atoms with Gasteiger partial charge in [0.25, 0.3) is 0 Å². The fourth-order valence-corrected chi connectivity index (χ4v) is 11.9. The van der Waals surface area contributed by atoms with Crippen molar-refractivity contribution in [2.75, 3.05) is 0 Å². The van der Waals surface area contributed by atoms with Gasteiger partial charge < -0.3 is 0 Å². The van der Waals surface area contributed by atoms with Gasteiger partial charge in [0.05, 0.1) is 7.92 Å². The van der Waals surface area contributed by atoms with Gasteiger partial charge in [-0.2, -0.15) is 0 Å². The summed E-state index contributed by atoms with van der Waals surface area (Å²) >= 11 is 0. The van der Waals surface area contributed by atoms with Crippen LogP contribution in [0.5, 0.6) is 0 Å². The topological polar surface area (TPSA) is 0 Å². The summed E-state index contributed by atoms with van der Waals surface area (Å²) in [6, 6.07) is 14.3. The van der Waals surface area contributed by atoms with Crippen LogP contribution in [-0.4, -0.2) is 11.8 Å². The van der Waals surface area contributed by atoms with Crippen molar-refractivity contribution < 1.29 is 43.9 Å². The van der Waals surface area contributed by atoms with E-state index in [0.29, 0.717) is 5.56 Å². The maximum atomic E-state index is 15.8. The summed E-state index contributed by atoms with van der Waals surface area (Å²) in [4.78, 5) is 0. The van der Waals surface area contributed by atoms with E-state index in [2.05, 4.69) is 0 Å². The summed E-state index contributed by atoms with van der Waals surface area (Å²) in [7, 11) is -2.07. The lowest BCUT2D eigenvalue weighted by molar-refractivity contribution is 0.382. The lowest BCUT2D eigenvalue weighted by Gasteiger charge is -2.29. The quantitative estimate of drug-likeness (QED) is 0.0559. The monoisotopic (exact) mass is 730 g/mol. The highest BCUT2D eigenvalue weighted by Crippen LogP contribution is 2.57. The van der Waals surface area contributed by atoms with Gasteiger partial charge in [0, 0.05) is 0 Å². The Balaban J connectivity index is 1.79. The van der Waals surface area contributed by atoms with Gasteiger partial charge in [-0.05, 0) is 75.8 Å². The first-order valence-electron chi connectivity index (χ1n) is 16.0. The molecule has 1 aliphatic carbocycles. The Morgan fingerprint density at radius 3 is 1.20 bits per heavy atom. The minimum absolute atomic E-state index is 0.146. The van der Waals surface area contributed by atoms with E-state index >= 15 is 17.6 Å². The summed E-state index contributed by atoms with van der Waals surface area (Å²) in [5, 5.41) is 1.96. The molecule has 0 bridgehead atoms. The maximum absolute atomic E-state index is 15.8. The second-order valence-corrected chi connectivity index (χ2v) is 15.8. The highest BCUT2D eigenvalue weighted by Gasteiger charge is 2.43. The molecule has 12 heteroatoms. The Hall–Kier alpha value is -4.24. The van der Waals surface area contributed by atoms with E-state index in [0.717, 1.165) is 44.0 Å². The first kappa shape index (κ1) is 36.6. The summed E-state index contributed by atoms with van der Waals surface area (Å²) < 4.78 is 151. The fraction of sp³-hybridized carbons (Fsp3) is 0.205. The number of benzene rings is 5. The normalized spacial score (nSPS) is 14.1. The maximum Gasteiger partial charge on any atom is 0.200 e. The standard InChI is InChI=1S/C39H29BF10P/c1-16-11-18(3)38(19(4)12-16)51(39-20(5)13-17(2)14-21(39)6)25-15-24(22-9-7-8-10-23(22)25)40(26-28(41)32(45)36(49)33(46)29(26)42)27-30(43)34(47)37(50)35(48)31(27)44/h7-14,25H,15H2,1-6H3/q-1/p+1/t25-/m1/s1. The molecule has 0 nitrogen and oxygen atoms in total. The summed E-state index contributed by atoms with van der Waals surface area (Å²) in [5.41, 5.74) is 2.11. The molecule has 264 valence electrons. The third-order valence-electron chi connectivity index (χ3n) is 9.76. The number of hydrogen-bond donors (Lipinski definition) is 0. The van der Waals surface area contributed by atoms with Crippen molar-refractivity contribution in [2.45, 2.75) is 53.6 Å². The lowest BCUT2D eigenvalue weighted by atomic mass is 9.46. The Morgan fingerprint density at radius 1 is 0.490 bits per heavy atom. The Bertz CT molecular complexity index is 2100. The zero-order chi connectivity index (χ0) is 37.4. The van der Waals surface area contributed by atoms with E-state index in [1.165, 1.54) is 12.1 Å². The molecule has 0 spiro atoms. The molecule has 0 aliphatic heterocycles. The van der Waals surface area contributed by atoms with Gasteiger partial charge in [-0.25, -0.2) is 49.4 Å². The van der Waals surface area contributed by atoms with Gasteiger partial charge in [0.15, 0.2) is 34.9 Å². The molecule has 0 fully saturated rings. The molecular formula is C39H30BF10P. The molecule has 1 atom stereocenters. The van der Waals surface area contributed by atoms with Crippen molar-refractivity contribution in [1.82, 2.24) is 0 Å². The smallest absolute Gasteiger partial charge is 0.200 e. The minimum atomic E-state index is -2.60. The van der Waals surface area contributed by atoms with Crippen LogP contribution < -0.4 is 21.5 Å². The Kier molecular flexibility index (Phi) is 9.60. The van der Waals surface area contributed by atoms with E-state index in [-0.39, 0.29) is 17.4 Å². The molecule has 0 saturated heterocycles. The molecule has 0 amide bonds. The number of hydrogen-bond acceptors (Lipinski definition) is 0. The number of aryl methyl sites for hydroxylation is 6. The molecular weight excluding hydrogens is 700 g/mol. The van der Waals surface area contributed by atoms with E-state index in [1.54, 1.807) is 12.1 Å². The average Bonchev–Trinajstić information content (AvgIpc) is 3.44. The zero-order valence-corrected chi connectivity index (χ0v) is 29.3. The largest absolute Gasteiger partial charge is 0.232 e. The van der Waals surface area contributed by atoms with Crippen molar-refractivity contribution >= 4 is 41.3 Å². The molecule has 0 radical (unpaired) electrons. The van der Waals surface area contributed by atoms with E-state index in [1.807, 2.05) is 65.8 Å². The highest BCUT2D eigenvalue weighted by molar-refractivity contribution is 7.73. The first-order chi connectivity index (χ1) is 24.0. The molecule has 0 saturated carbocycles. The number of fused-ring (bicyclic) bond motifs is 1. The van der Waals surface area contributed by atoms with Crippen molar-refractivity contribution in [3.63, 3.8) is 0 Å². The summed E-state index contributed by atoms with van der Waals surface area (Å²) in [6.45, 7) is 11.6. The third kappa shape index (κ3) is 5.82. The lowest BCUT2D eigenvalue weighted by Crippen LogP contribution is -2.49. The zero-order valence-electron chi connectivity index (χ0n) is 28.3. The molecule has 5 aromatic rings. The van der Waals surface area contributed by atoms with Gasteiger partial charge >= 0.3 is 0 Å². The molecule has 0 aromatic heterocycles. The van der Waals surface area contributed by atoms with Crippen molar-refractivity contribution in [1.29, 1.82) is 0 Å². The second kappa shape index (κ2) is 13.4. The fourth-order valence-electron chi connectivity index (χ4n) is 7.99. The number of rotatable bonds is 5. The SMILES string of the molecule is Cc1cc(C)c([PH+](c2c(C)cc(C)cc2C)[C@@H]2CC(=[B-](c3c(F)c(F)c(F)c(F)c3F)c3c(F)c(F)c(F)c(F)c3F)c3ccccc32)c(C)c1. The van der Waals surface area contributed by atoms with Crippen molar-refractivity contribution in [3.05, 3.63) is 151 Å². The highest BCUT2D eigenvalue weighted by atomic mass is 31.1. The van der Waals surface area contributed by atoms with Crippen LogP contribution in [-0.2, 0) is 0 Å². The molecule has 6 rings (SSSR count). The van der Waals surface area contributed by atoms with Gasteiger partial charge in [-0.3, -0.25) is 0 Å². The van der Waals surface area contributed by atoms with Crippen LogP contribution in [0.25, 0.3) is 0 Å². The molecule has 0 heterocycles. The third-order valence-corrected chi connectivity index (χ3v) is 13.6. The Morgan fingerprint density at radius 2 is 0.824 bits per heavy atom. The Labute approximate surface area is 289 Å². The summed E-state index contributed by atoms with van der Waals surface area (Å²) in [6.07, 6.45) is -2.87. The van der Waals surface area contributed by atoms with Crippen LogP contribution in [0.1, 0.15) is 56.6 Å².